The van der Waals surface area contributed by atoms with Crippen molar-refractivity contribution in [2.45, 2.75) is 32.1 Å². The number of non-ortho nitro benzene ring substituents is 1. The molecule has 3 aromatic heterocycles. The summed E-state index contributed by atoms with van der Waals surface area (Å²) in [5.74, 6) is 2.46. The van der Waals surface area contributed by atoms with Gasteiger partial charge in [-0.05, 0) is 132 Å². The Hall–Kier alpha value is -10.6. The molecule has 3 amide bonds. The molecule has 12 rings (SSSR count). The van der Waals surface area contributed by atoms with E-state index in [9.17, 15) is 38.9 Å². The van der Waals surface area contributed by atoms with Crippen LogP contribution in [0.5, 0.6) is 0 Å². The highest BCUT2D eigenvalue weighted by molar-refractivity contribution is 9.11. The van der Waals surface area contributed by atoms with Gasteiger partial charge < -0.3 is 31.1 Å². The van der Waals surface area contributed by atoms with Gasteiger partial charge in [0.25, 0.3) is 23.4 Å². The minimum atomic E-state index is -0.556. The lowest BCUT2D eigenvalue weighted by molar-refractivity contribution is -0.384. The first-order valence-corrected chi connectivity index (χ1v) is 33.2. The second kappa shape index (κ2) is 33.2. The number of amidine groups is 3. The lowest BCUT2D eigenvalue weighted by atomic mass is 9.97. The number of nitrogens with one attached hydrogen (secondary N) is 4. The molecule has 97 heavy (non-hydrogen) atoms. The van der Waals surface area contributed by atoms with Crippen LogP contribution in [0.3, 0.4) is 0 Å². The summed E-state index contributed by atoms with van der Waals surface area (Å²) in [5.41, 5.74) is 7.03. The second-order valence-electron chi connectivity index (χ2n) is 22.5. The number of halogens is 3. The molecule has 0 unspecified atom stereocenters. The van der Waals surface area contributed by atoms with Crippen molar-refractivity contribution >= 4 is 124 Å². The van der Waals surface area contributed by atoms with Gasteiger partial charge in [0.15, 0.2) is 17.3 Å². The number of ketones is 3. The van der Waals surface area contributed by atoms with E-state index in [0.717, 1.165) is 99.7 Å². The summed E-state index contributed by atoms with van der Waals surface area (Å²) in [6.07, 6.45) is 6.96. The molecular weight excluding hydrogens is 1430 g/mol. The highest BCUT2D eigenvalue weighted by Gasteiger charge is 2.23. The minimum Gasteiger partial charge on any atom is -0.370 e. The van der Waals surface area contributed by atoms with Crippen LogP contribution in [0.15, 0.2) is 223 Å². The van der Waals surface area contributed by atoms with E-state index < -0.39 is 10.8 Å². The maximum atomic E-state index is 13.0. The Kier molecular flexibility index (Phi) is 23.7. The maximum absolute atomic E-state index is 13.0. The zero-order valence-corrected chi connectivity index (χ0v) is 57.4. The summed E-state index contributed by atoms with van der Waals surface area (Å²) < 4.78 is 2.41. The summed E-state index contributed by atoms with van der Waals surface area (Å²) >= 11 is 9.93. The van der Waals surface area contributed by atoms with E-state index in [1.165, 1.54) is 24.4 Å². The fraction of sp³-hybridized carbons (Fsp3) is 0.178. The standard InChI is InChI=1S/C25H23BrN4O2.C24H20BrN5O4.C24H21BrN4O2/c1-30-14-4-13-27-24(30)18-9-7-17(8-10-18)22(31)15-19-5-2-3-6-21(19)25(32)29-23-12-11-20(26)16-28-23;1-29-11-10-26-23(29)16-4-2-15(3-5-16)21(31)13-17-12-19(30(33)34)7-8-20(17)24(32)28-22-9-6-18(25)14-27-22;25-19-10-11-22(28-15-19)29-24(31)20-5-2-1-4-18(20)14-21(30)16-6-8-17(9-7-16)23-26-12-3-13-27-23/h2-3,5-12,16H,4,13-15H2,1H3,(H,28,29,32);2-9,12,14H,10-11,13H2,1H3,(H,27,28,32);1-2,4-11,15H,3,12-14H2,(H,26,27)(H,28,29,31). The lowest BCUT2D eigenvalue weighted by Crippen LogP contribution is -2.32. The Balaban J connectivity index is 0.000000158. The lowest BCUT2D eigenvalue weighted by Gasteiger charge is -2.25. The number of carbonyl (C=O) groups excluding carboxylic acids is 6. The summed E-state index contributed by atoms with van der Waals surface area (Å²) in [6.45, 7) is 5.12. The smallest absolute Gasteiger partial charge is 0.269 e. The molecule has 0 bridgehead atoms. The zero-order valence-electron chi connectivity index (χ0n) is 52.7. The van der Waals surface area contributed by atoms with Crippen LogP contribution in [0, 0.1) is 10.1 Å². The van der Waals surface area contributed by atoms with Crippen molar-refractivity contribution in [3.05, 3.63) is 285 Å². The molecule has 21 nitrogen and oxygen atoms in total. The number of likely N-dealkylation sites (N-methyl/N-ethyl adjacent to an activating group) is 1. The molecule has 0 spiro atoms. The number of aromatic nitrogens is 3. The van der Waals surface area contributed by atoms with Gasteiger partial charge in [-0.3, -0.25) is 53.9 Å². The van der Waals surface area contributed by atoms with Crippen LogP contribution in [0.1, 0.15) is 108 Å². The molecule has 0 saturated carbocycles. The number of benzene rings is 6. The van der Waals surface area contributed by atoms with Crippen LogP contribution in [0.4, 0.5) is 23.1 Å². The van der Waals surface area contributed by atoms with Crippen molar-refractivity contribution in [1.29, 1.82) is 0 Å². The predicted molar refractivity (Wildman–Crippen MR) is 386 cm³/mol. The number of rotatable bonds is 19. The van der Waals surface area contributed by atoms with Crippen LogP contribution >= 0.6 is 47.8 Å². The van der Waals surface area contributed by atoms with Crippen LogP contribution in [0.25, 0.3) is 0 Å². The van der Waals surface area contributed by atoms with Crippen molar-refractivity contribution in [3.8, 4) is 0 Å². The molecule has 4 N–H and O–H groups in total. The van der Waals surface area contributed by atoms with Gasteiger partial charge in [0.2, 0.25) is 0 Å². The molecule has 0 atom stereocenters. The molecule has 0 saturated heterocycles. The van der Waals surface area contributed by atoms with Gasteiger partial charge in [-0.2, -0.15) is 0 Å². The monoisotopic (exact) mass is 1490 g/mol. The minimum absolute atomic E-state index is 0.0440. The largest absolute Gasteiger partial charge is 0.370 e. The molecule has 24 heteroatoms. The summed E-state index contributed by atoms with van der Waals surface area (Å²) in [4.78, 5) is 118. The molecule has 6 aromatic carbocycles. The number of aliphatic imine (C=N–C) groups is 3. The average molecular weight is 1490 g/mol. The van der Waals surface area contributed by atoms with E-state index in [4.69, 9.17) is 0 Å². The molecule has 3 aliphatic heterocycles. The van der Waals surface area contributed by atoms with Crippen molar-refractivity contribution in [2.24, 2.45) is 15.0 Å². The Morgan fingerprint density at radius 2 is 0.866 bits per heavy atom. The summed E-state index contributed by atoms with van der Waals surface area (Å²) in [7, 11) is 3.99. The second-order valence-corrected chi connectivity index (χ2v) is 25.3. The van der Waals surface area contributed by atoms with Crippen LogP contribution in [-0.2, 0) is 19.3 Å². The van der Waals surface area contributed by atoms with E-state index in [1.54, 1.807) is 91.3 Å². The van der Waals surface area contributed by atoms with Crippen molar-refractivity contribution in [3.63, 3.8) is 0 Å². The van der Waals surface area contributed by atoms with Crippen molar-refractivity contribution < 1.29 is 33.7 Å². The van der Waals surface area contributed by atoms with Crippen LogP contribution in [0.2, 0.25) is 0 Å². The highest BCUT2D eigenvalue weighted by atomic mass is 79.9. The van der Waals surface area contributed by atoms with Crippen LogP contribution in [-0.4, -0.2) is 136 Å². The third kappa shape index (κ3) is 18.9. The quantitative estimate of drug-likeness (QED) is 0.0333. The molecule has 0 radical (unpaired) electrons. The van der Waals surface area contributed by atoms with Gasteiger partial charge in [-0.25, -0.2) is 15.0 Å². The molecular formula is C73H64Br3N13O8. The number of Topliss-reactive ketones (excluding diaryl/α,β-unsaturated/α-hetero) is 3. The maximum Gasteiger partial charge on any atom is 0.269 e. The topological polar surface area (TPSA) is 276 Å². The Morgan fingerprint density at radius 3 is 1.26 bits per heavy atom. The molecule has 3 aliphatic rings. The number of nitro groups is 1. The van der Waals surface area contributed by atoms with E-state index in [-0.39, 0.29) is 65.2 Å². The zero-order chi connectivity index (χ0) is 68.4. The Bertz CT molecular complexity index is 4480. The predicted octanol–water partition coefficient (Wildman–Crippen LogP) is 13.0. The molecule has 0 aliphatic carbocycles. The number of hydrogen-bond donors (Lipinski definition) is 4. The van der Waals surface area contributed by atoms with Gasteiger partial charge in [-0.1, -0.05) is 109 Å². The molecule has 490 valence electrons. The Labute approximate surface area is 584 Å². The van der Waals surface area contributed by atoms with Gasteiger partial charge in [0, 0.05) is 160 Å². The van der Waals surface area contributed by atoms with Gasteiger partial charge in [0.1, 0.15) is 35.0 Å². The summed E-state index contributed by atoms with van der Waals surface area (Å²) in [6, 6.07) is 50.5. The van der Waals surface area contributed by atoms with Gasteiger partial charge in [0.05, 0.1) is 11.5 Å². The SMILES string of the molecule is CN1CCCN=C1c1ccc(C(=O)Cc2ccccc2C(=O)Nc2ccc(Br)cn2)cc1.CN1CCN=C1c1ccc(C(=O)Cc2cc([N+](=O)[O-])ccc2C(=O)Nc2ccc(Br)cn2)cc1.O=C(Cc1ccccc1C(=O)Nc1ccc(Br)cn1)c1ccc(C2=NCCCN2)cc1. The van der Waals surface area contributed by atoms with E-state index in [2.05, 4.69) is 104 Å². The first-order valence-electron chi connectivity index (χ1n) is 30.8. The Morgan fingerprint density at radius 1 is 0.464 bits per heavy atom. The number of nitro benzene ring substituents is 1. The average Bonchev–Trinajstić information content (AvgIpc) is 1.33. The van der Waals surface area contributed by atoms with Gasteiger partial charge >= 0.3 is 0 Å². The number of nitrogens with zero attached hydrogens (tertiary/aromatic N) is 9. The fourth-order valence-corrected chi connectivity index (χ4v) is 11.3. The fourth-order valence-electron chi connectivity index (χ4n) is 10.6. The molecule has 6 heterocycles. The van der Waals surface area contributed by atoms with E-state index in [1.807, 2.05) is 97.9 Å². The van der Waals surface area contributed by atoms with E-state index in [0.29, 0.717) is 56.4 Å². The number of amides is 3. The van der Waals surface area contributed by atoms with Crippen molar-refractivity contribution in [1.82, 2.24) is 30.1 Å². The molecule has 0 fully saturated rings. The number of carbonyl (C=O) groups is 6. The first kappa shape index (κ1) is 69.3. The van der Waals surface area contributed by atoms with Gasteiger partial charge in [-0.15, -0.1) is 0 Å². The first-order chi connectivity index (χ1) is 46.9. The van der Waals surface area contributed by atoms with Crippen LogP contribution < -0.4 is 21.3 Å². The number of anilines is 3. The molecule has 9 aromatic rings. The third-order valence-electron chi connectivity index (χ3n) is 15.7. The third-order valence-corrected chi connectivity index (χ3v) is 17.1. The highest BCUT2D eigenvalue weighted by Crippen LogP contribution is 2.25. The van der Waals surface area contributed by atoms with Crippen molar-refractivity contribution in [2.75, 3.05) is 69.3 Å². The number of pyridine rings is 3. The normalized spacial score (nSPS) is 13.1. The summed E-state index contributed by atoms with van der Waals surface area (Å²) in [5, 5.41) is 22.8. The van der Waals surface area contributed by atoms with E-state index >= 15 is 0 Å². The number of hydrogen-bond acceptors (Lipinski definition) is 17.